The van der Waals surface area contributed by atoms with Gasteiger partial charge in [0.25, 0.3) is 0 Å². The Labute approximate surface area is 187 Å². The lowest BCUT2D eigenvalue weighted by molar-refractivity contribution is -0.116. The van der Waals surface area contributed by atoms with E-state index in [0.717, 1.165) is 27.3 Å². The number of aryl methyl sites for hydroxylation is 3. The van der Waals surface area contributed by atoms with Crippen molar-refractivity contribution in [1.29, 1.82) is 0 Å². The highest BCUT2D eigenvalue weighted by Crippen LogP contribution is 2.40. The smallest absolute Gasteiger partial charge is 0.341 e. The molecule has 3 rings (SSSR count). The van der Waals surface area contributed by atoms with Crippen molar-refractivity contribution in [1.82, 2.24) is 0 Å². The van der Waals surface area contributed by atoms with Crippen molar-refractivity contribution in [2.24, 2.45) is 0 Å². The summed E-state index contributed by atoms with van der Waals surface area (Å²) in [7, 11) is 1.35. The molecule has 1 N–H and O–H groups in total. The first kappa shape index (κ1) is 22.6. The van der Waals surface area contributed by atoms with Gasteiger partial charge < -0.3 is 14.8 Å². The third-order valence-electron chi connectivity index (χ3n) is 4.93. The first-order valence-electron chi connectivity index (χ1n) is 10.2. The molecule has 0 aliphatic carbocycles. The molecule has 162 valence electrons. The molecule has 0 aliphatic heterocycles. The second kappa shape index (κ2) is 10.3. The molecule has 31 heavy (non-hydrogen) atoms. The lowest BCUT2D eigenvalue weighted by Gasteiger charge is -2.10. The van der Waals surface area contributed by atoms with Crippen molar-refractivity contribution >= 4 is 28.2 Å². The number of rotatable bonds is 8. The number of carbonyl (C=O) groups is 2. The molecule has 1 amide bonds. The normalized spacial score (nSPS) is 10.6. The number of carbonyl (C=O) groups excluding carboxylic acids is 2. The van der Waals surface area contributed by atoms with Gasteiger partial charge in [0.15, 0.2) is 0 Å². The Kier molecular flexibility index (Phi) is 7.47. The summed E-state index contributed by atoms with van der Waals surface area (Å²) < 4.78 is 10.8. The van der Waals surface area contributed by atoms with Gasteiger partial charge in [-0.2, -0.15) is 0 Å². The number of amides is 1. The molecule has 0 aliphatic rings. The Morgan fingerprint density at radius 2 is 1.77 bits per heavy atom. The summed E-state index contributed by atoms with van der Waals surface area (Å²) in [6, 6.07) is 15.7. The quantitative estimate of drug-likeness (QED) is 0.351. The molecule has 0 saturated heterocycles. The minimum absolute atomic E-state index is 0.157. The highest BCUT2D eigenvalue weighted by molar-refractivity contribution is 7.17. The van der Waals surface area contributed by atoms with E-state index < -0.39 is 5.97 Å². The zero-order valence-electron chi connectivity index (χ0n) is 18.3. The molecule has 5 nitrogen and oxygen atoms in total. The van der Waals surface area contributed by atoms with Crippen LogP contribution in [0.2, 0.25) is 0 Å². The number of hydrogen-bond donors (Lipinski definition) is 1. The van der Waals surface area contributed by atoms with Crippen molar-refractivity contribution in [2.45, 2.75) is 33.6 Å². The van der Waals surface area contributed by atoms with E-state index in [2.05, 4.69) is 11.4 Å². The maximum absolute atomic E-state index is 12.5. The van der Waals surface area contributed by atoms with Crippen molar-refractivity contribution < 1.29 is 19.1 Å². The molecule has 0 bridgehead atoms. The van der Waals surface area contributed by atoms with Crippen LogP contribution in [0, 0.1) is 20.8 Å². The molecule has 1 heterocycles. The van der Waals surface area contributed by atoms with E-state index in [1.54, 1.807) is 0 Å². The van der Waals surface area contributed by atoms with Gasteiger partial charge in [0.05, 0.1) is 13.7 Å². The minimum Gasteiger partial charge on any atom is -0.493 e. The standard InChI is InChI=1S/C25H27NO4S/c1-16-12-13-20(17(2)15-16)30-14-8-11-21(27)26-24-23(25(28)29-4)22(18(3)31-24)19-9-6-5-7-10-19/h5-7,9-10,12-13,15H,8,11,14H2,1-4H3,(H,26,27). The predicted octanol–water partition coefficient (Wildman–Crippen LogP) is 5.92. The molecule has 0 atom stereocenters. The maximum atomic E-state index is 12.5. The largest absolute Gasteiger partial charge is 0.493 e. The van der Waals surface area contributed by atoms with Crippen LogP contribution in [0.5, 0.6) is 5.75 Å². The van der Waals surface area contributed by atoms with E-state index in [4.69, 9.17) is 9.47 Å². The monoisotopic (exact) mass is 437 g/mol. The summed E-state index contributed by atoms with van der Waals surface area (Å²) in [6.45, 7) is 6.43. The number of nitrogens with one attached hydrogen (secondary N) is 1. The molecule has 0 fully saturated rings. The summed E-state index contributed by atoms with van der Waals surface area (Å²) >= 11 is 1.38. The van der Waals surface area contributed by atoms with Gasteiger partial charge in [-0.25, -0.2) is 4.79 Å². The van der Waals surface area contributed by atoms with Gasteiger partial charge in [-0.3, -0.25) is 4.79 Å². The number of ether oxygens (including phenoxy) is 2. The number of methoxy groups -OCH3 is 1. The molecule has 6 heteroatoms. The van der Waals surface area contributed by atoms with E-state index in [1.807, 2.05) is 63.2 Å². The fraction of sp³-hybridized carbons (Fsp3) is 0.280. The van der Waals surface area contributed by atoms with Crippen molar-refractivity contribution in [3.63, 3.8) is 0 Å². The Morgan fingerprint density at radius 1 is 1.03 bits per heavy atom. The highest BCUT2D eigenvalue weighted by Gasteiger charge is 2.24. The third-order valence-corrected chi connectivity index (χ3v) is 5.95. The van der Waals surface area contributed by atoms with Crippen LogP contribution < -0.4 is 10.1 Å². The van der Waals surface area contributed by atoms with Gasteiger partial charge in [-0.1, -0.05) is 48.0 Å². The highest BCUT2D eigenvalue weighted by atomic mass is 32.1. The third kappa shape index (κ3) is 5.52. The number of hydrogen-bond acceptors (Lipinski definition) is 5. The zero-order chi connectivity index (χ0) is 22.4. The number of anilines is 1. The molecule has 0 unspecified atom stereocenters. The van der Waals surface area contributed by atoms with Crippen LogP contribution in [-0.4, -0.2) is 25.6 Å². The van der Waals surface area contributed by atoms with Crippen molar-refractivity contribution in [3.8, 4) is 16.9 Å². The van der Waals surface area contributed by atoms with Crippen LogP contribution in [0.25, 0.3) is 11.1 Å². The van der Waals surface area contributed by atoms with Gasteiger partial charge in [0.2, 0.25) is 5.91 Å². The number of thiophene rings is 1. The van der Waals surface area contributed by atoms with Crippen LogP contribution in [0.1, 0.15) is 39.2 Å². The van der Waals surface area contributed by atoms with E-state index >= 15 is 0 Å². The maximum Gasteiger partial charge on any atom is 0.341 e. The second-order valence-corrected chi connectivity index (χ2v) is 8.59. The number of benzene rings is 2. The van der Waals surface area contributed by atoms with Gasteiger partial charge in [-0.05, 0) is 44.4 Å². The van der Waals surface area contributed by atoms with E-state index in [-0.39, 0.29) is 5.91 Å². The average Bonchev–Trinajstić information content (AvgIpc) is 3.07. The van der Waals surface area contributed by atoms with Crippen LogP contribution in [-0.2, 0) is 9.53 Å². The summed E-state index contributed by atoms with van der Waals surface area (Å²) in [5.41, 5.74) is 4.38. The Balaban J connectivity index is 1.66. The lowest BCUT2D eigenvalue weighted by atomic mass is 10.0. The molecule has 2 aromatic carbocycles. The summed E-state index contributed by atoms with van der Waals surface area (Å²) in [4.78, 5) is 26.0. The van der Waals surface area contributed by atoms with Gasteiger partial charge >= 0.3 is 5.97 Å². The molecule has 0 spiro atoms. The van der Waals surface area contributed by atoms with Crippen LogP contribution in [0.4, 0.5) is 5.00 Å². The molecular weight excluding hydrogens is 410 g/mol. The summed E-state index contributed by atoms with van der Waals surface area (Å²) in [6.07, 6.45) is 0.867. The topological polar surface area (TPSA) is 64.6 Å². The average molecular weight is 438 g/mol. The van der Waals surface area contributed by atoms with E-state index in [9.17, 15) is 9.59 Å². The Hall–Kier alpha value is -3.12. The van der Waals surface area contributed by atoms with Gasteiger partial charge in [0.1, 0.15) is 16.3 Å². The fourth-order valence-corrected chi connectivity index (χ4v) is 4.53. The molecule has 0 saturated carbocycles. The van der Waals surface area contributed by atoms with Crippen molar-refractivity contribution in [2.75, 3.05) is 19.0 Å². The fourth-order valence-electron chi connectivity index (χ4n) is 3.45. The van der Waals surface area contributed by atoms with Crippen molar-refractivity contribution in [3.05, 3.63) is 70.1 Å². The van der Waals surface area contributed by atoms with Gasteiger partial charge in [-0.15, -0.1) is 11.3 Å². The van der Waals surface area contributed by atoms with Crippen LogP contribution >= 0.6 is 11.3 Å². The summed E-state index contributed by atoms with van der Waals surface area (Å²) in [5, 5.41) is 3.41. The Bertz CT molecular complexity index is 1070. The van der Waals surface area contributed by atoms with Crippen LogP contribution in [0.15, 0.2) is 48.5 Å². The predicted molar refractivity (Wildman–Crippen MR) is 125 cm³/mol. The second-order valence-electron chi connectivity index (χ2n) is 7.36. The molecule has 0 radical (unpaired) electrons. The first-order chi connectivity index (χ1) is 14.9. The summed E-state index contributed by atoms with van der Waals surface area (Å²) in [5.74, 6) is 0.215. The van der Waals surface area contributed by atoms with Gasteiger partial charge in [0, 0.05) is 16.9 Å². The molecule has 3 aromatic rings. The SMILES string of the molecule is COC(=O)c1c(NC(=O)CCCOc2ccc(C)cc2C)sc(C)c1-c1ccccc1. The molecule has 1 aromatic heterocycles. The lowest BCUT2D eigenvalue weighted by Crippen LogP contribution is -2.15. The molecular formula is C25H27NO4S. The minimum atomic E-state index is -0.461. The van der Waals surface area contributed by atoms with Crippen LogP contribution in [0.3, 0.4) is 0 Å². The van der Waals surface area contributed by atoms with E-state index in [0.29, 0.717) is 30.0 Å². The zero-order valence-corrected chi connectivity index (χ0v) is 19.1. The Morgan fingerprint density at radius 3 is 2.45 bits per heavy atom. The first-order valence-corrected chi connectivity index (χ1v) is 11.0. The van der Waals surface area contributed by atoms with E-state index in [1.165, 1.54) is 24.0 Å². The number of esters is 1.